The summed E-state index contributed by atoms with van der Waals surface area (Å²) in [6.45, 7) is 3.06. The van der Waals surface area contributed by atoms with Gasteiger partial charge in [0.05, 0.1) is 24.5 Å². The van der Waals surface area contributed by atoms with Crippen LogP contribution in [0, 0.1) is 0 Å². The van der Waals surface area contributed by atoms with Crippen LogP contribution in [0.3, 0.4) is 0 Å². The van der Waals surface area contributed by atoms with Crippen molar-refractivity contribution in [3.05, 3.63) is 58.6 Å². The molecular weight excluding hydrogens is 384 g/mol. The van der Waals surface area contributed by atoms with Gasteiger partial charge in [0.15, 0.2) is 5.13 Å². The monoisotopic (exact) mass is 406 g/mol. The number of benzene rings is 1. The molecule has 1 saturated heterocycles. The SMILES string of the molecule is O=C(Nc1nc(-c2ccc3c(c2)CCC3)cs1)c1ccc(N2CCOCC2)nc1. The van der Waals surface area contributed by atoms with Gasteiger partial charge in [0, 0.05) is 30.2 Å². The van der Waals surface area contributed by atoms with Gasteiger partial charge in [-0.1, -0.05) is 12.1 Å². The summed E-state index contributed by atoms with van der Waals surface area (Å²) in [5, 5.41) is 5.49. The zero-order valence-electron chi connectivity index (χ0n) is 16.1. The Morgan fingerprint density at radius 2 is 1.97 bits per heavy atom. The Balaban J connectivity index is 1.26. The number of aromatic nitrogens is 2. The van der Waals surface area contributed by atoms with Crippen molar-refractivity contribution in [3.8, 4) is 11.3 Å². The lowest BCUT2D eigenvalue weighted by molar-refractivity contribution is 0.102. The Morgan fingerprint density at radius 3 is 2.79 bits per heavy atom. The van der Waals surface area contributed by atoms with Crippen LogP contribution in [-0.2, 0) is 17.6 Å². The minimum atomic E-state index is -0.194. The molecule has 1 aliphatic carbocycles. The summed E-state index contributed by atoms with van der Waals surface area (Å²) in [6, 6.07) is 10.3. The number of nitrogens with one attached hydrogen (secondary N) is 1. The standard InChI is InChI=1S/C22H22N4O2S/c27-21(18-6-7-20(23-13-18)26-8-10-28-11-9-26)25-22-24-19(14-29-22)17-5-4-15-2-1-3-16(15)12-17/h4-7,12-14H,1-3,8-11H2,(H,24,25,27). The molecule has 3 heterocycles. The van der Waals surface area contributed by atoms with Crippen molar-refractivity contribution in [1.29, 1.82) is 0 Å². The predicted molar refractivity (Wildman–Crippen MR) is 115 cm³/mol. The number of amides is 1. The van der Waals surface area contributed by atoms with Crippen LogP contribution in [0.1, 0.15) is 27.9 Å². The molecule has 7 heteroatoms. The average molecular weight is 407 g/mol. The maximum Gasteiger partial charge on any atom is 0.259 e. The third-order valence-electron chi connectivity index (χ3n) is 5.46. The summed E-state index contributed by atoms with van der Waals surface area (Å²) < 4.78 is 5.37. The molecule has 29 heavy (non-hydrogen) atoms. The molecule has 0 spiro atoms. The molecular formula is C22H22N4O2S. The van der Waals surface area contributed by atoms with Gasteiger partial charge in [-0.2, -0.15) is 0 Å². The molecule has 1 aliphatic heterocycles. The van der Waals surface area contributed by atoms with E-state index in [1.54, 1.807) is 6.20 Å². The van der Waals surface area contributed by atoms with Crippen LogP contribution < -0.4 is 10.2 Å². The fourth-order valence-corrected chi connectivity index (χ4v) is 4.58. The molecule has 1 aromatic carbocycles. The molecule has 3 aromatic rings. The highest BCUT2D eigenvalue weighted by Gasteiger charge is 2.16. The normalized spacial score (nSPS) is 15.9. The largest absolute Gasteiger partial charge is 0.378 e. The lowest BCUT2D eigenvalue weighted by Crippen LogP contribution is -2.36. The number of pyridine rings is 1. The van der Waals surface area contributed by atoms with E-state index >= 15 is 0 Å². The van der Waals surface area contributed by atoms with Gasteiger partial charge in [-0.3, -0.25) is 10.1 Å². The van der Waals surface area contributed by atoms with Gasteiger partial charge < -0.3 is 9.64 Å². The van der Waals surface area contributed by atoms with E-state index < -0.39 is 0 Å². The Labute approximate surface area is 173 Å². The van der Waals surface area contributed by atoms with Crippen LogP contribution >= 0.6 is 11.3 Å². The van der Waals surface area contributed by atoms with Crippen LogP contribution in [0.15, 0.2) is 41.9 Å². The number of fused-ring (bicyclic) bond motifs is 1. The van der Waals surface area contributed by atoms with E-state index in [-0.39, 0.29) is 5.91 Å². The van der Waals surface area contributed by atoms with E-state index in [1.807, 2.05) is 17.5 Å². The first-order chi connectivity index (χ1) is 14.3. The zero-order chi connectivity index (χ0) is 19.6. The molecule has 1 amide bonds. The molecule has 1 N–H and O–H groups in total. The number of morpholine rings is 1. The summed E-state index contributed by atoms with van der Waals surface area (Å²) in [6.07, 6.45) is 5.17. The van der Waals surface area contributed by atoms with Gasteiger partial charge in [-0.25, -0.2) is 9.97 Å². The predicted octanol–water partition coefficient (Wildman–Crippen LogP) is 3.78. The van der Waals surface area contributed by atoms with Crippen molar-refractivity contribution in [2.24, 2.45) is 0 Å². The van der Waals surface area contributed by atoms with Crippen LogP contribution in [0.5, 0.6) is 0 Å². The van der Waals surface area contributed by atoms with Crippen molar-refractivity contribution in [2.45, 2.75) is 19.3 Å². The van der Waals surface area contributed by atoms with Gasteiger partial charge in [0.2, 0.25) is 0 Å². The maximum atomic E-state index is 12.6. The number of nitrogens with zero attached hydrogens (tertiary/aromatic N) is 3. The number of anilines is 2. The van der Waals surface area contributed by atoms with E-state index in [9.17, 15) is 4.79 Å². The zero-order valence-corrected chi connectivity index (χ0v) is 16.9. The first kappa shape index (κ1) is 18.3. The fraction of sp³-hybridized carbons (Fsp3) is 0.318. The Morgan fingerprint density at radius 1 is 1.10 bits per heavy atom. The molecule has 2 aromatic heterocycles. The molecule has 2 aliphatic rings. The Hall–Kier alpha value is -2.77. The van der Waals surface area contributed by atoms with Gasteiger partial charge in [-0.15, -0.1) is 11.3 Å². The van der Waals surface area contributed by atoms with E-state index in [4.69, 9.17) is 4.74 Å². The first-order valence-corrected chi connectivity index (χ1v) is 10.8. The van der Waals surface area contributed by atoms with Crippen molar-refractivity contribution in [3.63, 3.8) is 0 Å². The highest BCUT2D eigenvalue weighted by Crippen LogP contribution is 2.30. The molecule has 0 saturated carbocycles. The number of hydrogen-bond donors (Lipinski definition) is 1. The quantitative estimate of drug-likeness (QED) is 0.714. The van der Waals surface area contributed by atoms with E-state index in [0.29, 0.717) is 23.9 Å². The summed E-state index contributed by atoms with van der Waals surface area (Å²) in [4.78, 5) is 23.8. The van der Waals surface area contributed by atoms with Crippen LogP contribution in [0.2, 0.25) is 0 Å². The van der Waals surface area contributed by atoms with E-state index in [0.717, 1.165) is 36.6 Å². The van der Waals surface area contributed by atoms with Gasteiger partial charge >= 0.3 is 0 Å². The highest BCUT2D eigenvalue weighted by atomic mass is 32.1. The summed E-state index contributed by atoms with van der Waals surface area (Å²) in [5.41, 5.74) is 5.41. The molecule has 0 bridgehead atoms. The molecule has 0 radical (unpaired) electrons. The number of thiazole rings is 1. The molecule has 1 fully saturated rings. The Bertz CT molecular complexity index is 1030. The second-order valence-electron chi connectivity index (χ2n) is 7.33. The fourth-order valence-electron chi connectivity index (χ4n) is 3.86. The van der Waals surface area contributed by atoms with Crippen molar-refractivity contribution >= 4 is 28.2 Å². The van der Waals surface area contributed by atoms with Gasteiger partial charge in [-0.05, 0) is 48.6 Å². The third kappa shape index (κ3) is 3.88. The van der Waals surface area contributed by atoms with Crippen molar-refractivity contribution in [2.75, 3.05) is 36.5 Å². The van der Waals surface area contributed by atoms with Gasteiger partial charge in [0.25, 0.3) is 5.91 Å². The van der Waals surface area contributed by atoms with Crippen molar-refractivity contribution in [1.82, 2.24) is 9.97 Å². The maximum absolute atomic E-state index is 12.6. The lowest BCUT2D eigenvalue weighted by atomic mass is 10.1. The number of hydrogen-bond acceptors (Lipinski definition) is 6. The lowest BCUT2D eigenvalue weighted by Gasteiger charge is -2.27. The number of ether oxygens (including phenoxy) is 1. The molecule has 0 unspecified atom stereocenters. The van der Waals surface area contributed by atoms with Crippen molar-refractivity contribution < 1.29 is 9.53 Å². The molecule has 5 rings (SSSR count). The van der Waals surface area contributed by atoms with E-state index in [2.05, 4.69) is 38.4 Å². The van der Waals surface area contributed by atoms with Gasteiger partial charge in [0.1, 0.15) is 5.82 Å². The van der Waals surface area contributed by atoms with Crippen LogP contribution in [0.4, 0.5) is 10.9 Å². The van der Waals surface area contributed by atoms with Crippen LogP contribution in [-0.4, -0.2) is 42.2 Å². The summed E-state index contributed by atoms with van der Waals surface area (Å²) >= 11 is 1.44. The number of aryl methyl sites for hydroxylation is 2. The Kier molecular flexibility index (Phi) is 4.99. The second kappa shape index (κ2) is 7.93. The first-order valence-electron chi connectivity index (χ1n) is 9.94. The summed E-state index contributed by atoms with van der Waals surface area (Å²) in [5.74, 6) is 0.680. The number of rotatable bonds is 4. The minimum absolute atomic E-state index is 0.194. The third-order valence-corrected chi connectivity index (χ3v) is 6.22. The molecule has 148 valence electrons. The topological polar surface area (TPSA) is 67.4 Å². The van der Waals surface area contributed by atoms with Crippen LogP contribution in [0.25, 0.3) is 11.3 Å². The number of carbonyl (C=O) groups is 1. The summed E-state index contributed by atoms with van der Waals surface area (Å²) in [7, 11) is 0. The van der Waals surface area contributed by atoms with E-state index in [1.165, 1.54) is 35.3 Å². The molecule has 6 nitrogen and oxygen atoms in total. The highest BCUT2D eigenvalue weighted by molar-refractivity contribution is 7.14. The second-order valence-corrected chi connectivity index (χ2v) is 8.19. The minimum Gasteiger partial charge on any atom is -0.378 e. The number of carbonyl (C=O) groups excluding carboxylic acids is 1. The smallest absolute Gasteiger partial charge is 0.259 e. The average Bonchev–Trinajstić information content (AvgIpc) is 3.43. The molecule has 0 atom stereocenters.